The molecule has 21 heavy (non-hydrogen) atoms. The number of sulfonamides is 1. The van der Waals surface area contributed by atoms with Gasteiger partial charge in [-0.25, -0.2) is 8.42 Å². The highest BCUT2D eigenvalue weighted by molar-refractivity contribution is 7.89. The normalized spacial score (nSPS) is 12.8. The molecule has 0 amide bonds. The summed E-state index contributed by atoms with van der Waals surface area (Å²) < 4.78 is 31.6. The van der Waals surface area contributed by atoms with Gasteiger partial charge < -0.3 is 9.84 Å². The lowest BCUT2D eigenvalue weighted by molar-refractivity contribution is 0.149. The molecule has 0 fully saturated rings. The van der Waals surface area contributed by atoms with Crippen molar-refractivity contribution in [3.8, 4) is 11.8 Å². The molecular weight excluding hydrogens is 290 g/mol. The van der Waals surface area contributed by atoms with Gasteiger partial charge in [-0.1, -0.05) is 24.0 Å². The third kappa shape index (κ3) is 4.55. The van der Waals surface area contributed by atoms with Crippen LogP contribution in [0, 0.1) is 11.8 Å². The number of likely N-dealkylation sites (N-methyl/N-ethyl adjacent to an activating group) is 1. The predicted molar refractivity (Wildman–Crippen MR) is 81.3 cm³/mol. The molecule has 1 atom stereocenters. The quantitative estimate of drug-likeness (QED) is 0.798. The molecule has 0 aromatic heterocycles. The zero-order valence-electron chi connectivity index (χ0n) is 12.5. The SMILES string of the molecule is COCC(C)N(C)S(=O)(=O)c1ccccc1C#CCCO. The Morgan fingerprint density at radius 2 is 2.05 bits per heavy atom. The standard InChI is InChI=1S/C15H21NO4S/c1-13(12-20-3)16(2)21(18,19)15-10-5-4-8-14(15)9-6-7-11-17/h4-5,8,10,13,17H,7,11-12H2,1-3H3. The average molecular weight is 311 g/mol. The second-order valence-corrected chi connectivity index (χ2v) is 6.56. The van der Waals surface area contributed by atoms with Crippen LogP contribution in [0.1, 0.15) is 18.9 Å². The van der Waals surface area contributed by atoms with Gasteiger partial charge in [0.25, 0.3) is 0 Å². The Hall–Kier alpha value is -1.39. The van der Waals surface area contributed by atoms with E-state index in [4.69, 9.17) is 9.84 Å². The van der Waals surface area contributed by atoms with Crippen molar-refractivity contribution in [2.75, 3.05) is 27.4 Å². The second kappa shape index (κ2) is 8.15. The van der Waals surface area contributed by atoms with Gasteiger partial charge in [0.1, 0.15) is 0 Å². The van der Waals surface area contributed by atoms with E-state index in [9.17, 15) is 8.42 Å². The minimum atomic E-state index is -3.64. The van der Waals surface area contributed by atoms with Crippen molar-refractivity contribution in [1.29, 1.82) is 0 Å². The number of rotatable bonds is 6. The fourth-order valence-electron chi connectivity index (χ4n) is 1.75. The largest absolute Gasteiger partial charge is 0.395 e. The minimum Gasteiger partial charge on any atom is -0.395 e. The van der Waals surface area contributed by atoms with Crippen LogP contribution in [0.2, 0.25) is 0 Å². The van der Waals surface area contributed by atoms with Crippen molar-refractivity contribution in [2.45, 2.75) is 24.3 Å². The number of hydrogen-bond donors (Lipinski definition) is 1. The van der Waals surface area contributed by atoms with Gasteiger partial charge in [0.15, 0.2) is 0 Å². The molecule has 0 spiro atoms. The molecular formula is C15H21NO4S. The van der Waals surface area contributed by atoms with Crippen LogP contribution in [-0.4, -0.2) is 51.2 Å². The van der Waals surface area contributed by atoms with Crippen LogP contribution in [0.5, 0.6) is 0 Å². The molecule has 6 heteroatoms. The Balaban J connectivity index is 3.18. The van der Waals surface area contributed by atoms with E-state index in [1.807, 2.05) is 0 Å². The predicted octanol–water partition coefficient (Wildman–Crippen LogP) is 1.08. The molecule has 0 bridgehead atoms. The topological polar surface area (TPSA) is 66.8 Å². The number of hydrogen-bond acceptors (Lipinski definition) is 4. The first kappa shape index (κ1) is 17.7. The summed E-state index contributed by atoms with van der Waals surface area (Å²) in [5.41, 5.74) is 0.433. The fourth-order valence-corrected chi connectivity index (χ4v) is 3.24. The summed E-state index contributed by atoms with van der Waals surface area (Å²) in [4.78, 5) is 0.167. The monoisotopic (exact) mass is 311 g/mol. The second-order valence-electron chi connectivity index (χ2n) is 4.60. The molecule has 0 radical (unpaired) electrons. The van der Waals surface area contributed by atoms with E-state index >= 15 is 0 Å². The van der Waals surface area contributed by atoms with E-state index in [0.717, 1.165) is 0 Å². The van der Waals surface area contributed by atoms with Gasteiger partial charge in [-0.15, -0.1) is 0 Å². The molecule has 1 unspecified atom stereocenters. The summed E-state index contributed by atoms with van der Waals surface area (Å²) in [5.74, 6) is 5.55. The van der Waals surface area contributed by atoms with Crippen LogP contribution in [0.3, 0.4) is 0 Å². The van der Waals surface area contributed by atoms with Crippen LogP contribution in [0.15, 0.2) is 29.2 Å². The van der Waals surface area contributed by atoms with Crippen molar-refractivity contribution >= 4 is 10.0 Å². The van der Waals surface area contributed by atoms with Gasteiger partial charge in [0, 0.05) is 32.2 Å². The average Bonchev–Trinajstić information content (AvgIpc) is 2.47. The molecule has 116 valence electrons. The first-order valence-corrected chi connectivity index (χ1v) is 8.05. The van der Waals surface area contributed by atoms with Crippen LogP contribution in [-0.2, 0) is 14.8 Å². The van der Waals surface area contributed by atoms with Gasteiger partial charge in [-0.3, -0.25) is 0 Å². The summed E-state index contributed by atoms with van der Waals surface area (Å²) in [6.45, 7) is 2.04. The maximum absolute atomic E-state index is 12.7. The molecule has 0 saturated heterocycles. The van der Waals surface area contributed by atoms with Gasteiger partial charge in [-0.2, -0.15) is 4.31 Å². The Morgan fingerprint density at radius 1 is 1.38 bits per heavy atom. The number of benzene rings is 1. The van der Waals surface area contributed by atoms with Crippen LogP contribution in [0.4, 0.5) is 0 Å². The third-order valence-corrected chi connectivity index (χ3v) is 5.06. The summed E-state index contributed by atoms with van der Waals surface area (Å²) >= 11 is 0. The first-order valence-electron chi connectivity index (χ1n) is 6.61. The van der Waals surface area contributed by atoms with E-state index in [1.165, 1.54) is 24.5 Å². The zero-order chi connectivity index (χ0) is 15.9. The maximum atomic E-state index is 12.7. The van der Waals surface area contributed by atoms with Crippen molar-refractivity contribution in [2.24, 2.45) is 0 Å². The maximum Gasteiger partial charge on any atom is 0.244 e. The van der Waals surface area contributed by atoms with E-state index in [0.29, 0.717) is 18.6 Å². The van der Waals surface area contributed by atoms with Gasteiger partial charge in [0.05, 0.1) is 18.1 Å². The summed E-state index contributed by atoms with van der Waals surface area (Å²) in [6, 6.07) is 6.32. The lowest BCUT2D eigenvalue weighted by Crippen LogP contribution is -2.38. The molecule has 1 rings (SSSR count). The highest BCUT2D eigenvalue weighted by atomic mass is 32.2. The Kier molecular flexibility index (Phi) is 6.85. The van der Waals surface area contributed by atoms with E-state index < -0.39 is 10.0 Å². The third-order valence-electron chi connectivity index (χ3n) is 3.03. The summed E-state index contributed by atoms with van der Waals surface area (Å²) in [7, 11) is -0.582. The molecule has 0 aliphatic rings. The molecule has 1 aromatic carbocycles. The molecule has 0 aliphatic heterocycles. The zero-order valence-corrected chi connectivity index (χ0v) is 13.4. The fraction of sp³-hybridized carbons (Fsp3) is 0.467. The number of ether oxygens (including phenoxy) is 1. The first-order chi connectivity index (χ1) is 9.95. The van der Waals surface area contributed by atoms with Crippen molar-refractivity contribution in [1.82, 2.24) is 4.31 Å². The highest BCUT2D eigenvalue weighted by Crippen LogP contribution is 2.20. The van der Waals surface area contributed by atoms with Crippen LogP contribution >= 0.6 is 0 Å². The molecule has 0 saturated carbocycles. The lowest BCUT2D eigenvalue weighted by atomic mass is 10.2. The number of methoxy groups -OCH3 is 1. The number of aliphatic hydroxyl groups is 1. The Labute approximate surface area is 126 Å². The smallest absolute Gasteiger partial charge is 0.244 e. The number of aliphatic hydroxyl groups excluding tert-OH is 1. The number of nitrogens with zero attached hydrogens (tertiary/aromatic N) is 1. The summed E-state index contributed by atoms with van der Waals surface area (Å²) in [5, 5.41) is 8.75. The van der Waals surface area contributed by atoms with Crippen LogP contribution < -0.4 is 0 Å². The van der Waals surface area contributed by atoms with Gasteiger partial charge >= 0.3 is 0 Å². The van der Waals surface area contributed by atoms with Crippen molar-refractivity contribution in [3.63, 3.8) is 0 Å². The molecule has 5 nitrogen and oxygen atoms in total. The Morgan fingerprint density at radius 3 is 2.67 bits per heavy atom. The molecule has 1 aromatic rings. The Bertz CT molecular complexity index is 616. The van der Waals surface area contributed by atoms with Gasteiger partial charge in [-0.05, 0) is 19.1 Å². The minimum absolute atomic E-state index is 0.0489. The molecule has 1 N–H and O–H groups in total. The van der Waals surface area contributed by atoms with Crippen LogP contribution in [0.25, 0.3) is 0 Å². The van der Waals surface area contributed by atoms with Crippen molar-refractivity contribution in [3.05, 3.63) is 29.8 Å². The molecule has 0 heterocycles. The molecule has 0 aliphatic carbocycles. The summed E-state index contributed by atoms with van der Waals surface area (Å²) in [6.07, 6.45) is 0.310. The van der Waals surface area contributed by atoms with E-state index in [1.54, 1.807) is 25.1 Å². The van der Waals surface area contributed by atoms with Gasteiger partial charge in [0.2, 0.25) is 10.0 Å². The lowest BCUT2D eigenvalue weighted by Gasteiger charge is -2.24. The van der Waals surface area contributed by atoms with E-state index in [2.05, 4.69) is 11.8 Å². The van der Waals surface area contributed by atoms with Crippen molar-refractivity contribution < 1.29 is 18.3 Å². The van der Waals surface area contributed by atoms with E-state index in [-0.39, 0.29) is 17.5 Å². The highest BCUT2D eigenvalue weighted by Gasteiger charge is 2.27.